The number of pyridine rings is 1. The van der Waals surface area contributed by atoms with Crippen LogP contribution in [0.4, 0.5) is 0 Å². The van der Waals surface area contributed by atoms with Crippen molar-refractivity contribution in [2.45, 2.75) is 45.6 Å². The van der Waals surface area contributed by atoms with E-state index in [1.54, 1.807) is 0 Å². The lowest BCUT2D eigenvalue weighted by Crippen LogP contribution is -2.43. The third-order valence-corrected chi connectivity index (χ3v) is 5.11. The summed E-state index contributed by atoms with van der Waals surface area (Å²) in [5, 5.41) is 0. The summed E-state index contributed by atoms with van der Waals surface area (Å²) in [5.41, 5.74) is 7.89. The SMILES string of the molecule is CCC1(CC)CCN(C(CN)c2ccncc2)CC1. The largest absolute Gasteiger partial charge is 0.329 e. The summed E-state index contributed by atoms with van der Waals surface area (Å²) in [6.07, 6.45) is 8.96. The van der Waals surface area contributed by atoms with Gasteiger partial charge in [0, 0.05) is 25.0 Å². The summed E-state index contributed by atoms with van der Waals surface area (Å²) in [4.78, 5) is 6.65. The molecule has 3 heteroatoms. The van der Waals surface area contributed by atoms with Gasteiger partial charge in [-0.15, -0.1) is 0 Å². The number of nitrogens with zero attached hydrogens (tertiary/aromatic N) is 2. The summed E-state index contributed by atoms with van der Waals surface area (Å²) in [6, 6.07) is 4.55. The molecular formula is C16H27N3. The van der Waals surface area contributed by atoms with Crippen molar-refractivity contribution in [2.24, 2.45) is 11.1 Å². The molecule has 0 radical (unpaired) electrons. The first-order valence-corrected chi connectivity index (χ1v) is 7.58. The van der Waals surface area contributed by atoms with Crippen molar-refractivity contribution in [2.75, 3.05) is 19.6 Å². The van der Waals surface area contributed by atoms with Gasteiger partial charge in [0.2, 0.25) is 0 Å². The van der Waals surface area contributed by atoms with E-state index in [1.807, 2.05) is 12.4 Å². The van der Waals surface area contributed by atoms with Crippen LogP contribution >= 0.6 is 0 Å². The number of hydrogen-bond acceptors (Lipinski definition) is 3. The van der Waals surface area contributed by atoms with E-state index in [9.17, 15) is 0 Å². The van der Waals surface area contributed by atoms with Crippen LogP contribution in [0.25, 0.3) is 0 Å². The van der Waals surface area contributed by atoms with Gasteiger partial charge in [0.15, 0.2) is 0 Å². The van der Waals surface area contributed by atoms with Gasteiger partial charge in [-0.2, -0.15) is 0 Å². The molecule has 2 rings (SSSR count). The van der Waals surface area contributed by atoms with Crippen LogP contribution in [-0.2, 0) is 0 Å². The van der Waals surface area contributed by atoms with Crippen LogP contribution in [0.5, 0.6) is 0 Å². The predicted octanol–water partition coefficient (Wildman–Crippen LogP) is 2.98. The highest BCUT2D eigenvalue weighted by molar-refractivity contribution is 5.16. The first kappa shape index (κ1) is 14.5. The standard InChI is InChI=1S/C16H27N3/c1-3-16(4-2)7-11-19(12-8-16)15(13-17)14-5-9-18-10-6-14/h5-6,9-10,15H,3-4,7-8,11-13,17H2,1-2H3. The second-order valence-corrected chi connectivity index (χ2v) is 5.78. The van der Waals surface area contributed by atoms with Crippen LogP contribution in [0.3, 0.4) is 0 Å². The predicted molar refractivity (Wildman–Crippen MR) is 79.9 cm³/mol. The molecule has 0 spiro atoms. The Labute approximate surface area is 117 Å². The molecule has 1 aliphatic rings. The van der Waals surface area contributed by atoms with Gasteiger partial charge in [0.25, 0.3) is 0 Å². The van der Waals surface area contributed by atoms with E-state index in [2.05, 4.69) is 35.9 Å². The quantitative estimate of drug-likeness (QED) is 0.886. The lowest BCUT2D eigenvalue weighted by molar-refractivity contribution is 0.0679. The summed E-state index contributed by atoms with van der Waals surface area (Å²) in [6.45, 7) is 7.71. The van der Waals surface area contributed by atoms with E-state index in [-0.39, 0.29) is 0 Å². The van der Waals surface area contributed by atoms with Crippen LogP contribution < -0.4 is 5.73 Å². The Morgan fingerprint density at radius 3 is 2.26 bits per heavy atom. The molecule has 1 aromatic heterocycles. The number of rotatable bonds is 5. The number of hydrogen-bond donors (Lipinski definition) is 1. The molecule has 2 heterocycles. The minimum atomic E-state index is 0.356. The van der Waals surface area contributed by atoms with Crippen LogP contribution in [0.1, 0.15) is 51.1 Å². The topological polar surface area (TPSA) is 42.1 Å². The lowest BCUT2D eigenvalue weighted by atomic mass is 9.74. The molecular weight excluding hydrogens is 234 g/mol. The van der Waals surface area contributed by atoms with Gasteiger partial charge in [-0.3, -0.25) is 9.88 Å². The number of likely N-dealkylation sites (tertiary alicyclic amines) is 1. The van der Waals surface area contributed by atoms with Crippen molar-refractivity contribution in [3.63, 3.8) is 0 Å². The average Bonchev–Trinajstić information content (AvgIpc) is 2.50. The molecule has 2 N–H and O–H groups in total. The van der Waals surface area contributed by atoms with Gasteiger partial charge in [-0.1, -0.05) is 26.7 Å². The maximum absolute atomic E-state index is 6.01. The molecule has 1 atom stereocenters. The van der Waals surface area contributed by atoms with Gasteiger partial charge in [0.1, 0.15) is 0 Å². The Morgan fingerprint density at radius 2 is 1.79 bits per heavy atom. The summed E-state index contributed by atoms with van der Waals surface area (Å²) >= 11 is 0. The van der Waals surface area contributed by atoms with E-state index in [1.165, 1.54) is 44.3 Å². The zero-order valence-electron chi connectivity index (χ0n) is 12.3. The first-order valence-electron chi connectivity index (χ1n) is 7.58. The molecule has 19 heavy (non-hydrogen) atoms. The summed E-state index contributed by atoms with van der Waals surface area (Å²) < 4.78 is 0. The van der Waals surface area contributed by atoms with Crippen molar-refractivity contribution in [1.29, 1.82) is 0 Å². The molecule has 1 saturated heterocycles. The van der Waals surface area contributed by atoms with Crippen molar-refractivity contribution in [1.82, 2.24) is 9.88 Å². The van der Waals surface area contributed by atoms with E-state index < -0.39 is 0 Å². The zero-order valence-corrected chi connectivity index (χ0v) is 12.3. The third kappa shape index (κ3) is 3.15. The van der Waals surface area contributed by atoms with Gasteiger partial charge in [-0.05, 0) is 49.0 Å². The highest BCUT2D eigenvalue weighted by Crippen LogP contribution is 2.39. The summed E-state index contributed by atoms with van der Waals surface area (Å²) in [7, 11) is 0. The van der Waals surface area contributed by atoms with Gasteiger partial charge in [0.05, 0.1) is 0 Å². The first-order chi connectivity index (χ1) is 9.24. The molecule has 0 amide bonds. The fourth-order valence-electron chi connectivity index (χ4n) is 3.35. The van der Waals surface area contributed by atoms with Gasteiger partial charge < -0.3 is 5.73 Å². The monoisotopic (exact) mass is 261 g/mol. The lowest BCUT2D eigenvalue weighted by Gasteiger charge is -2.44. The smallest absolute Gasteiger partial charge is 0.0471 e. The average molecular weight is 261 g/mol. The van der Waals surface area contributed by atoms with Crippen LogP contribution in [0.15, 0.2) is 24.5 Å². The molecule has 0 saturated carbocycles. The van der Waals surface area contributed by atoms with Crippen LogP contribution in [0, 0.1) is 5.41 Å². The normalized spacial score (nSPS) is 21.2. The van der Waals surface area contributed by atoms with Crippen LogP contribution in [-0.4, -0.2) is 29.5 Å². The van der Waals surface area contributed by atoms with Crippen LogP contribution in [0.2, 0.25) is 0 Å². The van der Waals surface area contributed by atoms with E-state index >= 15 is 0 Å². The van der Waals surface area contributed by atoms with Crippen molar-refractivity contribution < 1.29 is 0 Å². The molecule has 0 aliphatic carbocycles. The Morgan fingerprint density at radius 1 is 1.21 bits per heavy atom. The van der Waals surface area contributed by atoms with Crippen molar-refractivity contribution in [3.8, 4) is 0 Å². The number of piperidine rings is 1. The van der Waals surface area contributed by atoms with E-state index in [0.29, 0.717) is 18.0 Å². The fourth-order valence-corrected chi connectivity index (χ4v) is 3.35. The molecule has 1 unspecified atom stereocenters. The Kier molecular flexibility index (Phi) is 4.94. The minimum absolute atomic E-state index is 0.356. The highest BCUT2D eigenvalue weighted by Gasteiger charge is 2.33. The highest BCUT2D eigenvalue weighted by atomic mass is 15.2. The molecule has 0 bridgehead atoms. The number of nitrogens with two attached hydrogens (primary N) is 1. The molecule has 3 nitrogen and oxygen atoms in total. The van der Waals surface area contributed by atoms with Gasteiger partial charge in [-0.25, -0.2) is 0 Å². The number of aromatic nitrogens is 1. The minimum Gasteiger partial charge on any atom is -0.329 e. The fraction of sp³-hybridized carbons (Fsp3) is 0.688. The zero-order chi connectivity index (χ0) is 13.7. The Hall–Kier alpha value is -0.930. The second kappa shape index (κ2) is 6.49. The van der Waals surface area contributed by atoms with E-state index in [4.69, 9.17) is 5.73 Å². The molecule has 1 fully saturated rings. The Balaban J connectivity index is 2.03. The van der Waals surface area contributed by atoms with Crippen molar-refractivity contribution in [3.05, 3.63) is 30.1 Å². The molecule has 106 valence electrons. The molecule has 1 aliphatic heterocycles. The maximum Gasteiger partial charge on any atom is 0.0471 e. The Bertz CT molecular complexity index is 363. The van der Waals surface area contributed by atoms with Crippen molar-refractivity contribution >= 4 is 0 Å². The second-order valence-electron chi connectivity index (χ2n) is 5.78. The molecule has 0 aromatic carbocycles. The third-order valence-electron chi connectivity index (χ3n) is 5.11. The summed E-state index contributed by atoms with van der Waals surface area (Å²) in [5.74, 6) is 0. The van der Waals surface area contributed by atoms with Gasteiger partial charge >= 0.3 is 0 Å². The van der Waals surface area contributed by atoms with E-state index in [0.717, 1.165) is 0 Å². The molecule has 1 aromatic rings. The maximum atomic E-state index is 6.01.